The summed E-state index contributed by atoms with van der Waals surface area (Å²) in [7, 11) is 0. The molecule has 0 radical (unpaired) electrons. The van der Waals surface area contributed by atoms with E-state index in [0.717, 1.165) is 34.3 Å². The van der Waals surface area contributed by atoms with Gasteiger partial charge in [0.25, 0.3) is 5.95 Å². The fourth-order valence-corrected chi connectivity index (χ4v) is 3.96. The lowest BCUT2D eigenvalue weighted by Crippen LogP contribution is -2.11. The molecule has 0 amide bonds. The molecule has 0 aliphatic heterocycles. The zero-order chi connectivity index (χ0) is 18.2. The maximum absolute atomic E-state index is 6.39. The Labute approximate surface area is 158 Å². The normalized spacial score (nSPS) is 15.9. The molecule has 27 heavy (non-hydrogen) atoms. The van der Waals surface area contributed by atoms with Crippen molar-refractivity contribution < 1.29 is 0 Å². The molecule has 5 aromatic rings. The van der Waals surface area contributed by atoms with E-state index in [1.807, 2.05) is 39.3 Å². The number of fused-ring (bicyclic) bond motifs is 6. The Hall–Kier alpha value is -3.00. The molecule has 1 fully saturated rings. The van der Waals surface area contributed by atoms with Gasteiger partial charge in [0.1, 0.15) is 5.65 Å². The Morgan fingerprint density at radius 1 is 1.11 bits per heavy atom. The molecule has 1 aliphatic carbocycles. The lowest BCUT2D eigenvalue weighted by molar-refractivity contribution is 0.544. The molecule has 9 heteroatoms. The van der Waals surface area contributed by atoms with E-state index in [4.69, 9.17) is 11.6 Å². The Morgan fingerprint density at radius 2 is 1.96 bits per heavy atom. The first-order chi connectivity index (χ1) is 13.1. The van der Waals surface area contributed by atoms with Gasteiger partial charge in [-0.3, -0.25) is 4.40 Å². The van der Waals surface area contributed by atoms with Crippen molar-refractivity contribution >= 4 is 33.8 Å². The van der Waals surface area contributed by atoms with Gasteiger partial charge in [0, 0.05) is 5.39 Å². The van der Waals surface area contributed by atoms with Crippen LogP contribution in [0, 0.1) is 5.41 Å². The minimum absolute atomic E-state index is 0.335. The van der Waals surface area contributed by atoms with Crippen molar-refractivity contribution in [2.24, 2.45) is 5.41 Å². The summed E-state index contributed by atoms with van der Waals surface area (Å²) >= 11 is 6.39. The van der Waals surface area contributed by atoms with Gasteiger partial charge in [-0.05, 0) is 48.4 Å². The number of hydrogen-bond acceptors (Lipinski definition) is 5. The average Bonchev–Trinajstić information content (AvgIpc) is 3.06. The van der Waals surface area contributed by atoms with E-state index in [-0.39, 0.29) is 0 Å². The summed E-state index contributed by atoms with van der Waals surface area (Å²) in [5, 5.41) is 18.7. The largest absolute Gasteiger partial charge is 0.268 e. The molecule has 6 rings (SSSR count). The molecule has 8 nitrogen and oxygen atoms in total. The van der Waals surface area contributed by atoms with Crippen LogP contribution in [0.4, 0.5) is 0 Å². The molecule has 1 saturated carbocycles. The summed E-state index contributed by atoms with van der Waals surface area (Å²) in [6.07, 6.45) is 6.91. The average molecular weight is 379 g/mol. The fourth-order valence-electron chi connectivity index (χ4n) is 3.73. The van der Waals surface area contributed by atoms with E-state index in [9.17, 15) is 0 Å². The zero-order valence-electron chi connectivity index (χ0n) is 14.5. The first-order valence-corrected chi connectivity index (χ1v) is 9.21. The Balaban J connectivity index is 1.70. The second-order valence-corrected chi connectivity index (χ2v) is 7.86. The van der Waals surface area contributed by atoms with Gasteiger partial charge < -0.3 is 0 Å². The van der Waals surface area contributed by atoms with Crippen LogP contribution in [0.25, 0.3) is 28.1 Å². The van der Waals surface area contributed by atoms with Gasteiger partial charge >= 0.3 is 0 Å². The van der Waals surface area contributed by atoms with Crippen molar-refractivity contribution in [2.75, 3.05) is 0 Å². The van der Waals surface area contributed by atoms with Crippen LogP contribution in [0.15, 0.2) is 36.7 Å². The second kappa shape index (κ2) is 5.04. The van der Waals surface area contributed by atoms with Crippen molar-refractivity contribution in [3.63, 3.8) is 0 Å². The minimum Gasteiger partial charge on any atom is -0.268 e. The van der Waals surface area contributed by atoms with E-state index in [1.54, 1.807) is 10.9 Å². The van der Waals surface area contributed by atoms with Crippen LogP contribution in [0.2, 0.25) is 5.28 Å². The Bertz CT molecular complexity index is 1340. The maximum Gasteiger partial charge on any atom is 0.259 e. The number of para-hydroxylation sites is 1. The highest BCUT2D eigenvalue weighted by molar-refractivity contribution is 6.29. The summed E-state index contributed by atoms with van der Waals surface area (Å²) in [5.41, 5.74) is 3.82. The van der Waals surface area contributed by atoms with Gasteiger partial charge in [0.2, 0.25) is 5.28 Å². The summed E-state index contributed by atoms with van der Waals surface area (Å²) in [6.45, 7) is 2.29. The molecule has 4 heterocycles. The third-order valence-electron chi connectivity index (χ3n) is 5.48. The van der Waals surface area contributed by atoms with Gasteiger partial charge in [0.05, 0.1) is 23.6 Å². The zero-order valence-corrected chi connectivity index (χ0v) is 15.3. The first kappa shape index (κ1) is 15.1. The van der Waals surface area contributed by atoms with Gasteiger partial charge in [0.15, 0.2) is 5.65 Å². The van der Waals surface area contributed by atoms with Gasteiger partial charge in [-0.2, -0.15) is 4.68 Å². The molecule has 0 saturated heterocycles. The predicted octanol–water partition coefficient (Wildman–Crippen LogP) is 3.11. The van der Waals surface area contributed by atoms with Crippen LogP contribution < -0.4 is 0 Å². The lowest BCUT2D eigenvalue weighted by atomic mass is 10.0. The minimum atomic E-state index is 0.335. The molecule has 1 aromatic carbocycles. The van der Waals surface area contributed by atoms with Crippen molar-refractivity contribution in [3.8, 4) is 5.95 Å². The molecule has 0 bridgehead atoms. The highest BCUT2D eigenvalue weighted by atomic mass is 35.5. The van der Waals surface area contributed by atoms with Crippen molar-refractivity contribution in [1.29, 1.82) is 0 Å². The molecular formula is C18H15ClN8. The number of imidazole rings is 1. The molecule has 0 N–H and O–H groups in total. The number of aromatic nitrogens is 8. The van der Waals surface area contributed by atoms with E-state index in [2.05, 4.69) is 32.4 Å². The lowest BCUT2D eigenvalue weighted by Gasteiger charge is -2.10. The Kier molecular flexibility index (Phi) is 2.82. The summed E-state index contributed by atoms with van der Waals surface area (Å²) in [4.78, 5) is 4.30. The van der Waals surface area contributed by atoms with Gasteiger partial charge in [-0.1, -0.05) is 24.3 Å². The third-order valence-corrected chi connectivity index (χ3v) is 5.75. The molecule has 0 unspecified atom stereocenters. The summed E-state index contributed by atoms with van der Waals surface area (Å²) in [6, 6.07) is 7.95. The first-order valence-electron chi connectivity index (χ1n) is 8.83. The summed E-state index contributed by atoms with van der Waals surface area (Å²) < 4.78 is 5.61. The third kappa shape index (κ3) is 2.07. The number of rotatable bonds is 3. The molecular weight excluding hydrogens is 364 g/mol. The Morgan fingerprint density at radius 3 is 2.81 bits per heavy atom. The highest BCUT2D eigenvalue weighted by Crippen LogP contribution is 2.47. The van der Waals surface area contributed by atoms with Crippen LogP contribution in [0.5, 0.6) is 0 Å². The smallest absolute Gasteiger partial charge is 0.259 e. The molecule has 1 aliphatic rings. The highest BCUT2D eigenvalue weighted by Gasteiger charge is 2.38. The van der Waals surface area contributed by atoms with Crippen LogP contribution in [0.1, 0.15) is 25.5 Å². The predicted molar refractivity (Wildman–Crippen MR) is 100 cm³/mol. The van der Waals surface area contributed by atoms with Gasteiger partial charge in [-0.15, -0.1) is 15.3 Å². The number of halogens is 1. The second-order valence-electron chi connectivity index (χ2n) is 7.52. The number of nitrogens with zero attached hydrogens (tertiary/aromatic N) is 8. The molecule has 4 aromatic heterocycles. The molecule has 0 spiro atoms. The summed E-state index contributed by atoms with van der Waals surface area (Å²) in [5.74, 6) is 0.592. The van der Waals surface area contributed by atoms with E-state index >= 15 is 0 Å². The van der Waals surface area contributed by atoms with E-state index in [0.29, 0.717) is 16.6 Å². The number of benzene rings is 1. The molecule has 0 atom stereocenters. The number of hydrogen-bond donors (Lipinski definition) is 0. The monoisotopic (exact) mass is 378 g/mol. The van der Waals surface area contributed by atoms with Crippen LogP contribution in [0.3, 0.4) is 0 Å². The van der Waals surface area contributed by atoms with Gasteiger partial charge in [-0.25, -0.2) is 9.38 Å². The topological polar surface area (TPSA) is 78.2 Å². The molecule has 134 valence electrons. The van der Waals surface area contributed by atoms with Crippen molar-refractivity contribution in [1.82, 2.24) is 39.0 Å². The standard InChI is InChI=1S/C18H15ClN8/c1-18(6-7-18)8-11-9-21-24-27(11)17-23-22-15-12-4-2-3-5-13(12)25-14(26(15)17)10-20-16(25)19/h2-5,9-10H,6-8H2,1H3. The maximum atomic E-state index is 6.39. The van der Waals surface area contributed by atoms with Crippen LogP contribution in [-0.2, 0) is 6.42 Å². The van der Waals surface area contributed by atoms with Crippen molar-refractivity contribution in [2.45, 2.75) is 26.2 Å². The quantitative estimate of drug-likeness (QED) is 0.482. The van der Waals surface area contributed by atoms with E-state index in [1.165, 1.54) is 12.8 Å². The fraction of sp³-hybridized carbons (Fsp3) is 0.278. The van der Waals surface area contributed by atoms with E-state index < -0.39 is 0 Å². The van der Waals surface area contributed by atoms with Crippen molar-refractivity contribution in [3.05, 3.63) is 47.6 Å². The van der Waals surface area contributed by atoms with Crippen LogP contribution >= 0.6 is 11.6 Å². The van der Waals surface area contributed by atoms with Crippen LogP contribution in [-0.4, -0.2) is 39.0 Å². The SMILES string of the molecule is CC1(Cc2cnnn2-c2nnc3c4ccccc4n4c(Cl)ncc4n23)CC1.